The monoisotopic (exact) mass is 582 g/mol. The van der Waals surface area contributed by atoms with Crippen LogP contribution in [-0.2, 0) is 12.8 Å². The lowest BCUT2D eigenvalue weighted by atomic mass is 9.73. The van der Waals surface area contributed by atoms with Crippen molar-refractivity contribution in [2.24, 2.45) is 0 Å². The Morgan fingerprint density at radius 1 is 0.432 bits per heavy atom. The summed E-state index contributed by atoms with van der Waals surface area (Å²) in [7, 11) is 0. The second-order valence-corrected chi connectivity index (χ2v) is 11.9. The van der Waals surface area contributed by atoms with E-state index in [1.165, 1.54) is 0 Å². The molecule has 0 radical (unpaired) electrons. The molecule has 44 heavy (non-hydrogen) atoms. The summed E-state index contributed by atoms with van der Waals surface area (Å²) in [6, 6.07) is 26.1. The molecule has 0 aliphatic heterocycles. The van der Waals surface area contributed by atoms with Gasteiger partial charge in [-0.3, -0.25) is 0 Å². The first kappa shape index (κ1) is 26.3. The van der Waals surface area contributed by atoms with E-state index in [4.69, 9.17) is 0 Å². The molecule has 0 unspecified atom stereocenters. The van der Waals surface area contributed by atoms with Gasteiger partial charge in [0, 0.05) is 45.2 Å². The van der Waals surface area contributed by atoms with Gasteiger partial charge in [-0.05, 0) is 82.6 Å². The van der Waals surface area contributed by atoms with Crippen molar-refractivity contribution in [2.45, 2.75) is 37.5 Å². The van der Waals surface area contributed by atoms with Crippen molar-refractivity contribution in [3.05, 3.63) is 118 Å². The van der Waals surface area contributed by atoms with Gasteiger partial charge in [0.1, 0.15) is 11.5 Å². The molecule has 0 saturated heterocycles. The third kappa shape index (κ3) is 3.54. The standard InChI is InChI=1S/C38H30O6/c39-27-17-15-25-29-23(27)13-11-21(19-7-3-1-4-8-19)31(29)35(41)37(43)33(25)34-26-16-18-28(40)24-14-12-22(20-9-5-2-6-10-20)32(30(24)26)36(42)38(34)44/h1-10,15-18,21-22,39-44H,11-14H2/t21-,22-/m0/s1. The van der Waals surface area contributed by atoms with Crippen molar-refractivity contribution >= 4 is 21.5 Å². The van der Waals surface area contributed by atoms with Crippen LogP contribution in [0.2, 0.25) is 0 Å². The van der Waals surface area contributed by atoms with Crippen LogP contribution in [0.5, 0.6) is 34.5 Å². The van der Waals surface area contributed by atoms with Crippen LogP contribution in [-0.4, -0.2) is 30.6 Å². The molecule has 0 fully saturated rings. The van der Waals surface area contributed by atoms with Gasteiger partial charge in [0.2, 0.25) is 0 Å². The molecular formula is C38H30O6. The van der Waals surface area contributed by atoms with E-state index in [2.05, 4.69) is 0 Å². The van der Waals surface area contributed by atoms with Crippen LogP contribution in [0.15, 0.2) is 84.9 Å². The van der Waals surface area contributed by atoms with Gasteiger partial charge in [-0.25, -0.2) is 0 Å². The van der Waals surface area contributed by atoms with Gasteiger partial charge in [-0.15, -0.1) is 0 Å². The molecule has 0 saturated carbocycles. The Hall–Kier alpha value is -5.36. The molecule has 0 heterocycles. The predicted octanol–water partition coefficient (Wildman–Crippen LogP) is 8.05. The van der Waals surface area contributed by atoms with Crippen molar-refractivity contribution in [3.63, 3.8) is 0 Å². The molecule has 6 heteroatoms. The molecule has 6 aromatic carbocycles. The third-order valence-corrected chi connectivity index (χ3v) is 9.80. The molecule has 6 nitrogen and oxygen atoms in total. The van der Waals surface area contributed by atoms with Crippen molar-refractivity contribution in [1.29, 1.82) is 0 Å². The van der Waals surface area contributed by atoms with Crippen molar-refractivity contribution in [2.75, 3.05) is 0 Å². The maximum Gasteiger partial charge on any atom is 0.166 e. The average Bonchev–Trinajstić information content (AvgIpc) is 3.06. The Morgan fingerprint density at radius 2 is 0.818 bits per heavy atom. The SMILES string of the molecule is Oc1ccc2c(-c3c(O)c(O)c4c5c(c(O)ccc35)CC[C@H]4c3ccccc3)c(O)c(O)c3c2c1CC[C@H]3c1ccccc1. The summed E-state index contributed by atoms with van der Waals surface area (Å²) < 4.78 is 0. The molecule has 8 rings (SSSR count). The molecule has 2 aliphatic rings. The Morgan fingerprint density at radius 3 is 1.20 bits per heavy atom. The van der Waals surface area contributed by atoms with E-state index in [9.17, 15) is 30.6 Å². The summed E-state index contributed by atoms with van der Waals surface area (Å²) >= 11 is 0. The van der Waals surface area contributed by atoms with E-state index in [1.807, 2.05) is 60.7 Å². The number of aryl methyl sites for hydroxylation is 2. The summed E-state index contributed by atoms with van der Waals surface area (Å²) in [5.41, 5.74) is 4.66. The number of hydrogen-bond donors (Lipinski definition) is 6. The third-order valence-electron chi connectivity index (χ3n) is 9.80. The second-order valence-electron chi connectivity index (χ2n) is 11.9. The molecule has 0 amide bonds. The summed E-state index contributed by atoms with van der Waals surface area (Å²) in [6.45, 7) is 0. The molecule has 0 spiro atoms. The molecule has 6 aromatic rings. The van der Waals surface area contributed by atoms with Crippen LogP contribution in [0.4, 0.5) is 0 Å². The van der Waals surface area contributed by atoms with Gasteiger partial charge in [-0.1, -0.05) is 60.7 Å². The number of rotatable bonds is 3. The minimum atomic E-state index is -0.415. The second kappa shape index (κ2) is 9.58. The maximum atomic E-state index is 11.8. The number of benzene rings is 6. The van der Waals surface area contributed by atoms with E-state index in [0.29, 0.717) is 69.5 Å². The van der Waals surface area contributed by atoms with Crippen molar-refractivity contribution < 1.29 is 30.6 Å². The highest BCUT2D eigenvalue weighted by Gasteiger charge is 2.36. The fraction of sp³-hybridized carbons (Fsp3) is 0.158. The quantitative estimate of drug-likeness (QED) is 0.117. The zero-order valence-corrected chi connectivity index (χ0v) is 23.7. The van der Waals surface area contributed by atoms with E-state index in [0.717, 1.165) is 11.1 Å². The van der Waals surface area contributed by atoms with Gasteiger partial charge in [0.15, 0.2) is 23.0 Å². The number of phenols is 6. The minimum absolute atomic E-state index is 0.0980. The van der Waals surface area contributed by atoms with Gasteiger partial charge in [0.05, 0.1) is 0 Å². The minimum Gasteiger partial charge on any atom is -0.508 e. The van der Waals surface area contributed by atoms with E-state index >= 15 is 0 Å². The lowest BCUT2D eigenvalue weighted by Gasteiger charge is -2.31. The van der Waals surface area contributed by atoms with Crippen LogP contribution in [0.1, 0.15) is 58.1 Å². The van der Waals surface area contributed by atoms with Gasteiger partial charge < -0.3 is 30.6 Å². The predicted molar refractivity (Wildman–Crippen MR) is 170 cm³/mol. The molecular weight excluding hydrogens is 552 g/mol. The lowest BCUT2D eigenvalue weighted by molar-refractivity contribution is 0.393. The maximum absolute atomic E-state index is 11.8. The van der Waals surface area contributed by atoms with E-state index in [1.54, 1.807) is 24.3 Å². The fourth-order valence-electron chi connectivity index (χ4n) is 7.88. The highest BCUT2D eigenvalue weighted by Crippen LogP contribution is 2.60. The zero-order chi connectivity index (χ0) is 30.3. The first-order valence-corrected chi connectivity index (χ1v) is 14.9. The molecule has 0 bridgehead atoms. The van der Waals surface area contributed by atoms with Gasteiger partial charge >= 0.3 is 0 Å². The molecule has 6 N–H and O–H groups in total. The molecule has 2 atom stereocenters. The van der Waals surface area contributed by atoms with Crippen LogP contribution in [0.3, 0.4) is 0 Å². The Labute approximate surface area is 253 Å². The lowest BCUT2D eigenvalue weighted by Crippen LogP contribution is -2.12. The van der Waals surface area contributed by atoms with Crippen molar-refractivity contribution in [1.82, 2.24) is 0 Å². The topological polar surface area (TPSA) is 121 Å². The summed E-state index contributed by atoms with van der Waals surface area (Å²) in [4.78, 5) is 0. The molecule has 2 aliphatic carbocycles. The van der Waals surface area contributed by atoms with Gasteiger partial charge in [-0.2, -0.15) is 0 Å². The zero-order valence-electron chi connectivity index (χ0n) is 23.7. The Balaban J connectivity index is 1.49. The first-order valence-electron chi connectivity index (χ1n) is 14.9. The number of aromatic hydroxyl groups is 6. The Kier molecular flexibility index (Phi) is 5.72. The normalized spacial score (nSPS) is 17.3. The highest BCUT2D eigenvalue weighted by atomic mass is 16.3. The van der Waals surface area contributed by atoms with Crippen LogP contribution in [0, 0.1) is 0 Å². The smallest absolute Gasteiger partial charge is 0.166 e. The van der Waals surface area contributed by atoms with E-state index < -0.39 is 11.5 Å². The molecule has 218 valence electrons. The van der Waals surface area contributed by atoms with Gasteiger partial charge in [0.25, 0.3) is 0 Å². The highest BCUT2D eigenvalue weighted by molar-refractivity contribution is 6.15. The van der Waals surface area contributed by atoms with E-state index in [-0.39, 0.29) is 46.0 Å². The number of hydrogen-bond acceptors (Lipinski definition) is 6. The summed E-state index contributed by atoms with van der Waals surface area (Å²) in [5.74, 6) is -1.73. The summed E-state index contributed by atoms with van der Waals surface area (Å²) in [6.07, 6.45) is 2.35. The van der Waals surface area contributed by atoms with Crippen LogP contribution >= 0.6 is 0 Å². The van der Waals surface area contributed by atoms with Crippen LogP contribution in [0.25, 0.3) is 32.7 Å². The first-order chi connectivity index (χ1) is 21.4. The Bertz CT molecular complexity index is 1980. The molecule has 0 aromatic heterocycles. The summed E-state index contributed by atoms with van der Waals surface area (Å²) in [5, 5.41) is 71.3. The largest absolute Gasteiger partial charge is 0.508 e. The van der Waals surface area contributed by atoms with Crippen molar-refractivity contribution in [3.8, 4) is 45.6 Å². The van der Waals surface area contributed by atoms with Crippen LogP contribution < -0.4 is 0 Å². The number of phenolic OH excluding ortho intramolecular Hbond substituents is 6. The fourth-order valence-corrected chi connectivity index (χ4v) is 7.88. The average molecular weight is 583 g/mol.